The average Bonchev–Trinajstić information content (AvgIpc) is 2.88. The van der Waals surface area contributed by atoms with Crippen molar-refractivity contribution in [2.45, 2.75) is 0 Å². The molecule has 3 rings (SSSR count). The molecule has 0 aliphatic carbocycles. The van der Waals surface area contributed by atoms with Gasteiger partial charge in [0.05, 0.1) is 5.52 Å². The highest BCUT2D eigenvalue weighted by molar-refractivity contribution is 7.13. The molecule has 0 amide bonds. The fraction of sp³-hybridized carbons (Fsp3) is 0. The van der Waals surface area contributed by atoms with Crippen LogP contribution in [0.15, 0.2) is 35.7 Å². The Kier molecular flexibility index (Phi) is 1.76. The van der Waals surface area contributed by atoms with Crippen LogP contribution in [0.25, 0.3) is 21.3 Å². The van der Waals surface area contributed by atoms with Crippen LogP contribution in [-0.4, -0.2) is 10.2 Å². The summed E-state index contributed by atoms with van der Waals surface area (Å²) in [4.78, 5) is 1.25. The molecule has 0 unspecified atom stereocenters. The van der Waals surface area contributed by atoms with Gasteiger partial charge in [-0.05, 0) is 29.1 Å². The first-order chi connectivity index (χ1) is 7.34. The molecule has 3 nitrogen and oxygen atoms in total. The Bertz CT molecular complexity index is 595. The third-order valence-corrected chi connectivity index (χ3v) is 3.32. The summed E-state index contributed by atoms with van der Waals surface area (Å²) in [5.74, 6) is 0.558. The van der Waals surface area contributed by atoms with E-state index in [-0.39, 0.29) is 0 Å². The maximum absolute atomic E-state index is 5.71. The number of fused-ring (bicyclic) bond motifs is 1. The van der Waals surface area contributed by atoms with Crippen molar-refractivity contribution in [2.75, 3.05) is 5.73 Å². The molecule has 0 atom stereocenters. The summed E-state index contributed by atoms with van der Waals surface area (Å²) in [6.07, 6.45) is 0. The van der Waals surface area contributed by atoms with Crippen LogP contribution >= 0.6 is 11.3 Å². The predicted octanol–water partition coefficient (Wildman–Crippen LogP) is 2.87. The lowest BCUT2D eigenvalue weighted by Gasteiger charge is -1.97. The van der Waals surface area contributed by atoms with E-state index in [0.717, 1.165) is 10.9 Å². The number of hydrogen-bond donors (Lipinski definition) is 2. The second-order valence-electron chi connectivity index (χ2n) is 3.35. The largest absolute Gasteiger partial charge is 0.382 e. The van der Waals surface area contributed by atoms with Crippen molar-refractivity contribution in [3.63, 3.8) is 0 Å². The van der Waals surface area contributed by atoms with Crippen molar-refractivity contribution >= 4 is 28.1 Å². The minimum Gasteiger partial charge on any atom is -0.382 e. The fourth-order valence-corrected chi connectivity index (χ4v) is 2.36. The van der Waals surface area contributed by atoms with Crippen molar-refractivity contribution in [1.82, 2.24) is 10.2 Å². The second kappa shape index (κ2) is 3.10. The van der Waals surface area contributed by atoms with E-state index in [4.69, 9.17) is 5.73 Å². The van der Waals surface area contributed by atoms with Crippen molar-refractivity contribution in [1.29, 1.82) is 0 Å². The zero-order valence-electron chi connectivity index (χ0n) is 7.90. The van der Waals surface area contributed by atoms with Crippen LogP contribution in [0.4, 0.5) is 5.82 Å². The number of nitrogen functional groups attached to an aromatic ring is 1. The molecule has 0 saturated carbocycles. The molecule has 0 aliphatic rings. The minimum absolute atomic E-state index is 0.558. The molecule has 3 N–H and O–H groups in total. The smallest absolute Gasteiger partial charge is 0.153 e. The molecular weight excluding hydrogens is 206 g/mol. The number of nitrogens with one attached hydrogen (secondary N) is 1. The molecule has 0 radical (unpaired) electrons. The summed E-state index contributed by atoms with van der Waals surface area (Å²) in [5, 5.41) is 9.95. The van der Waals surface area contributed by atoms with E-state index in [1.54, 1.807) is 11.3 Å². The lowest BCUT2D eigenvalue weighted by atomic mass is 10.1. The Labute approximate surface area is 90.5 Å². The number of rotatable bonds is 1. The SMILES string of the molecule is Nc1n[nH]c2cc(-c3cccs3)ccc12. The standard InChI is InChI=1S/C11H9N3S/c12-11-8-4-3-7(6-9(8)13-14-11)10-2-1-5-15-10/h1-6H,(H3,12,13,14). The lowest BCUT2D eigenvalue weighted by molar-refractivity contribution is 1.13. The Morgan fingerprint density at radius 3 is 3.00 bits per heavy atom. The molecule has 2 aromatic heterocycles. The Balaban J connectivity index is 2.23. The second-order valence-corrected chi connectivity index (χ2v) is 4.29. The first kappa shape index (κ1) is 8.49. The van der Waals surface area contributed by atoms with Gasteiger partial charge in [0.15, 0.2) is 5.82 Å². The molecule has 0 spiro atoms. The summed E-state index contributed by atoms with van der Waals surface area (Å²) in [6, 6.07) is 10.3. The molecule has 0 saturated heterocycles. The van der Waals surface area contributed by atoms with Crippen molar-refractivity contribution in [2.24, 2.45) is 0 Å². The van der Waals surface area contributed by atoms with E-state index in [0.29, 0.717) is 5.82 Å². The van der Waals surface area contributed by atoms with E-state index >= 15 is 0 Å². The van der Waals surface area contributed by atoms with Gasteiger partial charge in [0.1, 0.15) is 0 Å². The highest BCUT2D eigenvalue weighted by Gasteiger charge is 2.04. The summed E-state index contributed by atoms with van der Waals surface area (Å²) in [6.45, 7) is 0. The first-order valence-corrected chi connectivity index (χ1v) is 5.50. The fourth-order valence-electron chi connectivity index (χ4n) is 1.64. The molecule has 0 bridgehead atoms. The number of hydrogen-bond acceptors (Lipinski definition) is 3. The van der Waals surface area contributed by atoms with Crippen molar-refractivity contribution in [3.05, 3.63) is 35.7 Å². The molecule has 0 aliphatic heterocycles. The van der Waals surface area contributed by atoms with Gasteiger partial charge < -0.3 is 5.73 Å². The van der Waals surface area contributed by atoms with Gasteiger partial charge in [-0.1, -0.05) is 12.1 Å². The van der Waals surface area contributed by atoms with E-state index in [9.17, 15) is 0 Å². The molecule has 2 heterocycles. The monoisotopic (exact) mass is 215 g/mol. The van der Waals surface area contributed by atoms with Crippen LogP contribution in [0.5, 0.6) is 0 Å². The van der Waals surface area contributed by atoms with Gasteiger partial charge in [-0.2, -0.15) is 5.10 Å². The van der Waals surface area contributed by atoms with E-state index < -0.39 is 0 Å². The van der Waals surface area contributed by atoms with Crippen LogP contribution in [-0.2, 0) is 0 Å². The Hall–Kier alpha value is -1.81. The highest BCUT2D eigenvalue weighted by atomic mass is 32.1. The number of H-pyrrole nitrogens is 1. The van der Waals surface area contributed by atoms with Gasteiger partial charge in [0, 0.05) is 10.3 Å². The van der Waals surface area contributed by atoms with E-state index in [1.807, 2.05) is 12.1 Å². The topological polar surface area (TPSA) is 54.7 Å². The highest BCUT2D eigenvalue weighted by Crippen LogP contribution is 2.28. The Morgan fingerprint density at radius 2 is 2.20 bits per heavy atom. The molecule has 4 heteroatoms. The normalized spacial score (nSPS) is 10.9. The number of nitrogens with zero attached hydrogens (tertiary/aromatic N) is 1. The van der Waals surface area contributed by atoms with Gasteiger partial charge in [-0.15, -0.1) is 11.3 Å². The summed E-state index contributed by atoms with van der Waals surface area (Å²) >= 11 is 1.73. The van der Waals surface area contributed by atoms with Gasteiger partial charge in [0.25, 0.3) is 0 Å². The number of aromatic amines is 1. The number of nitrogens with two attached hydrogens (primary N) is 1. The van der Waals surface area contributed by atoms with Crippen molar-refractivity contribution < 1.29 is 0 Å². The number of benzene rings is 1. The van der Waals surface area contributed by atoms with Crippen LogP contribution in [0.3, 0.4) is 0 Å². The number of aromatic nitrogens is 2. The first-order valence-electron chi connectivity index (χ1n) is 4.62. The lowest BCUT2D eigenvalue weighted by Crippen LogP contribution is -1.83. The Morgan fingerprint density at radius 1 is 1.27 bits per heavy atom. The van der Waals surface area contributed by atoms with Crippen LogP contribution < -0.4 is 5.73 Å². The predicted molar refractivity (Wildman–Crippen MR) is 63.8 cm³/mol. The summed E-state index contributed by atoms with van der Waals surface area (Å²) in [7, 11) is 0. The molecule has 15 heavy (non-hydrogen) atoms. The quantitative estimate of drug-likeness (QED) is 0.655. The number of anilines is 1. The zero-order valence-corrected chi connectivity index (χ0v) is 8.71. The summed E-state index contributed by atoms with van der Waals surface area (Å²) < 4.78 is 0. The maximum atomic E-state index is 5.71. The third kappa shape index (κ3) is 1.30. The van der Waals surface area contributed by atoms with Gasteiger partial charge in [-0.3, -0.25) is 5.10 Å². The molecule has 0 fully saturated rings. The van der Waals surface area contributed by atoms with Crippen LogP contribution in [0.2, 0.25) is 0 Å². The molecule has 3 aromatic rings. The van der Waals surface area contributed by atoms with E-state index in [2.05, 4.69) is 33.8 Å². The van der Waals surface area contributed by atoms with Gasteiger partial charge in [-0.25, -0.2) is 0 Å². The molecular formula is C11H9N3S. The minimum atomic E-state index is 0.558. The van der Waals surface area contributed by atoms with Gasteiger partial charge in [0.2, 0.25) is 0 Å². The van der Waals surface area contributed by atoms with Gasteiger partial charge >= 0.3 is 0 Å². The zero-order chi connectivity index (χ0) is 10.3. The number of thiophene rings is 1. The van der Waals surface area contributed by atoms with Crippen molar-refractivity contribution in [3.8, 4) is 10.4 Å². The maximum Gasteiger partial charge on any atom is 0.153 e. The van der Waals surface area contributed by atoms with Crippen LogP contribution in [0.1, 0.15) is 0 Å². The molecule has 1 aromatic carbocycles. The molecule has 74 valence electrons. The van der Waals surface area contributed by atoms with Crippen LogP contribution in [0, 0.1) is 0 Å². The third-order valence-electron chi connectivity index (χ3n) is 2.40. The van der Waals surface area contributed by atoms with E-state index in [1.165, 1.54) is 10.4 Å². The summed E-state index contributed by atoms with van der Waals surface area (Å²) in [5.41, 5.74) is 7.89. The average molecular weight is 215 g/mol.